The van der Waals surface area contributed by atoms with Gasteiger partial charge in [0, 0.05) is 16.6 Å². The first-order valence-electron chi connectivity index (χ1n) is 7.71. The minimum absolute atomic E-state index is 0. The average Bonchev–Trinajstić information content (AvgIpc) is 2.58. The zero-order valence-electron chi connectivity index (χ0n) is 13.7. The molecule has 2 aromatic rings. The summed E-state index contributed by atoms with van der Waals surface area (Å²) in [5.41, 5.74) is 2.61. The highest BCUT2D eigenvalue weighted by Gasteiger charge is 2.18. The molecule has 0 atom stereocenters. The normalized spacial score (nSPS) is 12.8. The van der Waals surface area contributed by atoms with E-state index in [-0.39, 0.29) is 36.2 Å². The Labute approximate surface area is 160 Å². The Morgan fingerprint density at radius 1 is 1.36 bits per heavy atom. The maximum absolute atomic E-state index is 14.6. The van der Waals surface area contributed by atoms with E-state index in [9.17, 15) is 9.18 Å². The maximum atomic E-state index is 14.6. The average molecular weight is 430 g/mol. The third-order valence-electron chi connectivity index (χ3n) is 4.07. The van der Waals surface area contributed by atoms with Crippen LogP contribution in [0, 0.1) is 5.82 Å². The Morgan fingerprint density at radius 3 is 2.92 bits per heavy atom. The van der Waals surface area contributed by atoms with E-state index in [0.29, 0.717) is 24.3 Å². The molecule has 4 nitrogen and oxygen atoms in total. The second-order valence-electron chi connectivity index (χ2n) is 5.67. The summed E-state index contributed by atoms with van der Waals surface area (Å²) in [7, 11) is 1.56. The minimum atomic E-state index is -0.330. The first-order valence-corrected chi connectivity index (χ1v) is 8.51. The summed E-state index contributed by atoms with van der Waals surface area (Å²) in [6.07, 6.45) is 0.741. The molecular weight excluding hydrogens is 411 g/mol. The molecule has 3 rings (SSSR count). The molecule has 0 saturated carbocycles. The Kier molecular flexibility index (Phi) is 6.81. The molecule has 1 aliphatic heterocycles. The van der Waals surface area contributed by atoms with Crippen LogP contribution in [-0.4, -0.2) is 19.6 Å². The summed E-state index contributed by atoms with van der Waals surface area (Å²) in [6.45, 7) is 1.41. The van der Waals surface area contributed by atoms with Crippen LogP contribution in [-0.2, 0) is 24.2 Å². The van der Waals surface area contributed by atoms with Crippen LogP contribution in [0.2, 0.25) is 0 Å². The van der Waals surface area contributed by atoms with Crippen LogP contribution in [0.25, 0.3) is 0 Å². The van der Waals surface area contributed by atoms with Crippen molar-refractivity contribution in [3.63, 3.8) is 0 Å². The van der Waals surface area contributed by atoms with Crippen LogP contribution in [0.1, 0.15) is 16.7 Å². The highest BCUT2D eigenvalue weighted by atomic mass is 79.9. The van der Waals surface area contributed by atoms with E-state index in [4.69, 9.17) is 4.74 Å². The molecule has 0 spiro atoms. The molecule has 1 aliphatic rings. The molecule has 0 fully saturated rings. The number of carbonyl (C=O) groups is 1. The van der Waals surface area contributed by atoms with Crippen molar-refractivity contribution in [1.82, 2.24) is 5.32 Å². The number of nitrogens with one attached hydrogen (secondary N) is 2. The molecule has 0 unspecified atom stereocenters. The first-order chi connectivity index (χ1) is 11.6. The van der Waals surface area contributed by atoms with Gasteiger partial charge in [-0.1, -0.05) is 22.0 Å². The van der Waals surface area contributed by atoms with Crippen molar-refractivity contribution < 1.29 is 13.9 Å². The standard InChI is InChI=1S/C18H18BrFN2O2.ClH/c1-24-16-5-3-13(19)8-12(16)9-17(23)22-15-4-2-11-10-21-7-6-14(11)18(15)20;/h2-5,8,21H,6-7,9-10H2,1H3,(H,22,23);1H. The molecule has 0 bridgehead atoms. The number of rotatable bonds is 4. The Bertz CT molecular complexity index is 786. The van der Waals surface area contributed by atoms with Gasteiger partial charge in [0.1, 0.15) is 11.6 Å². The Hall–Kier alpha value is -1.63. The number of benzene rings is 2. The van der Waals surface area contributed by atoms with Crippen LogP contribution in [0.15, 0.2) is 34.8 Å². The molecule has 2 aromatic carbocycles. The predicted octanol–water partition coefficient (Wildman–Crippen LogP) is 3.85. The van der Waals surface area contributed by atoms with Gasteiger partial charge < -0.3 is 15.4 Å². The van der Waals surface area contributed by atoms with Crippen molar-refractivity contribution in [1.29, 1.82) is 0 Å². The van der Waals surface area contributed by atoms with Crippen molar-refractivity contribution in [2.75, 3.05) is 19.0 Å². The van der Waals surface area contributed by atoms with Gasteiger partial charge in [-0.2, -0.15) is 0 Å². The molecule has 0 aliphatic carbocycles. The van der Waals surface area contributed by atoms with Crippen LogP contribution in [0.4, 0.5) is 10.1 Å². The highest BCUT2D eigenvalue weighted by Crippen LogP contribution is 2.26. The van der Waals surface area contributed by atoms with E-state index in [1.807, 2.05) is 18.2 Å². The van der Waals surface area contributed by atoms with Gasteiger partial charge in [0.2, 0.25) is 5.91 Å². The number of carbonyl (C=O) groups excluding carboxylic acids is 1. The Morgan fingerprint density at radius 2 is 2.16 bits per heavy atom. The lowest BCUT2D eigenvalue weighted by Crippen LogP contribution is -2.25. The number of hydrogen-bond acceptors (Lipinski definition) is 3. The predicted molar refractivity (Wildman–Crippen MR) is 102 cm³/mol. The molecule has 0 saturated heterocycles. The number of amides is 1. The van der Waals surface area contributed by atoms with Crippen LogP contribution >= 0.6 is 28.3 Å². The van der Waals surface area contributed by atoms with Crippen molar-refractivity contribution in [2.45, 2.75) is 19.4 Å². The number of anilines is 1. The quantitative estimate of drug-likeness (QED) is 0.776. The van der Waals surface area contributed by atoms with E-state index < -0.39 is 0 Å². The zero-order valence-corrected chi connectivity index (χ0v) is 16.1. The molecule has 134 valence electrons. The van der Waals surface area contributed by atoms with Gasteiger partial charge in [0.05, 0.1) is 19.2 Å². The second kappa shape index (κ2) is 8.65. The van der Waals surface area contributed by atoms with E-state index >= 15 is 0 Å². The molecule has 25 heavy (non-hydrogen) atoms. The van der Waals surface area contributed by atoms with Gasteiger partial charge >= 0.3 is 0 Å². The third-order valence-corrected chi connectivity index (χ3v) is 4.57. The van der Waals surface area contributed by atoms with E-state index in [1.165, 1.54) is 0 Å². The summed E-state index contributed by atoms with van der Waals surface area (Å²) < 4.78 is 20.7. The van der Waals surface area contributed by atoms with Gasteiger partial charge in [-0.3, -0.25) is 4.79 Å². The van der Waals surface area contributed by atoms with Gasteiger partial charge in [-0.25, -0.2) is 4.39 Å². The van der Waals surface area contributed by atoms with Crippen molar-refractivity contribution in [2.24, 2.45) is 0 Å². The van der Waals surface area contributed by atoms with Crippen LogP contribution in [0.5, 0.6) is 5.75 Å². The zero-order chi connectivity index (χ0) is 17.1. The van der Waals surface area contributed by atoms with Crippen LogP contribution < -0.4 is 15.4 Å². The number of ether oxygens (including phenoxy) is 1. The molecule has 7 heteroatoms. The van der Waals surface area contributed by atoms with E-state index in [1.54, 1.807) is 19.2 Å². The fourth-order valence-electron chi connectivity index (χ4n) is 2.88. The summed E-state index contributed by atoms with van der Waals surface area (Å²) in [4.78, 5) is 12.3. The lowest BCUT2D eigenvalue weighted by atomic mass is 9.99. The number of halogens is 3. The lowest BCUT2D eigenvalue weighted by molar-refractivity contribution is -0.115. The summed E-state index contributed by atoms with van der Waals surface area (Å²) in [6, 6.07) is 8.95. The molecule has 1 heterocycles. The lowest BCUT2D eigenvalue weighted by Gasteiger charge is -2.19. The Balaban J connectivity index is 0.00000225. The highest BCUT2D eigenvalue weighted by molar-refractivity contribution is 9.10. The second-order valence-corrected chi connectivity index (χ2v) is 6.59. The largest absolute Gasteiger partial charge is 0.496 e. The minimum Gasteiger partial charge on any atom is -0.496 e. The van der Waals surface area contributed by atoms with Crippen molar-refractivity contribution >= 4 is 39.9 Å². The maximum Gasteiger partial charge on any atom is 0.229 e. The van der Waals surface area contributed by atoms with E-state index in [0.717, 1.165) is 22.1 Å². The SMILES string of the molecule is COc1ccc(Br)cc1CC(=O)Nc1ccc2c(c1F)CCNC2.Cl. The van der Waals surface area contributed by atoms with Gasteiger partial charge in [0.15, 0.2) is 0 Å². The van der Waals surface area contributed by atoms with Gasteiger partial charge in [0.25, 0.3) is 0 Å². The molecule has 2 N–H and O–H groups in total. The van der Waals surface area contributed by atoms with Gasteiger partial charge in [-0.15, -0.1) is 12.4 Å². The molecular formula is C18H19BrClFN2O2. The van der Waals surface area contributed by atoms with Gasteiger partial charge in [-0.05, 0) is 48.4 Å². The number of methoxy groups -OCH3 is 1. The number of fused-ring (bicyclic) bond motifs is 1. The molecule has 0 radical (unpaired) electrons. The smallest absolute Gasteiger partial charge is 0.229 e. The van der Waals surface area contributed by atoms with Crippen molar-refractivity contribution in [3.8, 4) is 5.75 Å². The number of hydrogen-bond donors (Lipinski definition) is 2. The van der Waals surface area contributed by atoms with E-state index in [2.05, 4.69) is 26.6 Å². The molecule has 1 amide bonds. The summed E-state index contributed by atoms with van der Waals surface area (Å²) in [5, 5.41) is 5.88. The monoisotopic (exact) mass is 428 g/mol. The topological polar surface area (TPSA) is 50.4 Å². The first kappa shape index (κ1) is 19.7. The fourth-order valence-corrected chi connectivity index (χ4v) is 3.29. The van der Waals surface area contributed by atoms with Crippen LogP contribution in [0.3, 0.4) is 0 Å². The fraction of sp³-hybridized carbons (Fsp3) is 0.278. The van der Waals surface area contributed by atoms with Crippen molar-refractivity contribution in [3.05, 3.63) is 57.3 Å². The molecule has 0 aromatic heterocycles. The third kappa shape index (κ3) is 4.51. The summed E-state index contributed by atoms with van der Waals surface area (Å²) >= 11 is 3.38. The summed E-state index contributed by atoms with van der Waals surface area (Å²) in [5.74, 6) is 0.0214.